The first-order chi connectivity index (χ1) is 6.16. The van der Waals surface area contributed by atoms with Gasteiger partial charge in [0.05, 0.1) is 12.3 Å². The number of furan rings is 1. The number of hydrogen-bond acceptors (Lipinski definition) is 3. The molecule has 3 heteroatoms. The Morgan fingerprint density at radius 3 is 2.69 bits per heavy atom. The highest BCUT2D eigenvalue weighted by Crippen LogP contribution is 2.21. The van der Waals surface area contributed by atoms with Crippen LogP contribution in [0.2, 0.25) is 0 Å². The molecule has 2 unspecified atom stereocenters. The smallest absolute Gasteiger partial charge is 0.122 e. The molecule has 0 amide bonds. The SMILES string of the molecule is CCN(C)C(c1ccco1)C(C)N. The van der Waals surface area contributed by atoms with Crippen molar-refractivity contribution in [3.8, 4) is 0 Å². The summed E-state index contributed by atoms with van der Waals surface area (Å²) in [5, 5.41) is 0. The maximum Gasteiger partial charge on any atom is 0.122 e. The molecule has 2 N–H and O–H groups in total. The van der Waals surface area contributed by atoms with E-state index in [0.29, 0.717) is 0 Å². The van der Waals surface area contributed by atoms with Crippen molar-refractivity contribution in [3.63, 3.8) is 0 Å². The summed E-state index contributed by atoms with van der Waals surface area (Å²) >= 11 is 0. The summed E-state index contributed by atoms with van der Waals surface area (Å²) < 4.78 is 5.36. The molecule has 0 saturated carbocycles. The molecule has 2 atom stereocenters. The fourth-order valence-corrected chi connectivity index (χ4v) is 1.53. The van der Waals surface area contributed by atoms with Crippen molar-refractivity contribution in [1.82, 2.24) is 4.90 Å². The van der Waals surface area contributed by atoms with Crippen molar-refractivity contribution < 1.29 is 4.42 Å². The Labute approximate surface area is 79.5 Å². The molecule has 0 aliphatic carbocycles. The third-order valence-electron chi connectivity index (χ3n) is 2.31. The van der Waals surface area contributed by atoms with Gasteiger partial charge in [-0.15, -0.1) is 0 Å². The van der Waals surface area contributed by atoms with Gasteiger partial charge in [0, 0.05) is 6.04 Å². The molecule has 0 radical (unpaired) electrons. The molecule has 1 heterocycles. The molecule has 1 aromatic heterocycles. The van der Waals surface area contributed by atoms with Crippen molar-refractivity contribution in [1.29, 1.82) is 0 Å². The van der Waals surface area contributed by atoms with Crippen LogP contribution in [0.3, 0.4) is 0 Å². The van der Waals surface area contributed by atoms with Gasteiger partial charge < -0.3 is 10.2 Å². The minimum absolute atomic E-state index is 0.0797. The predicted molar refractivity (Wildman–Crippen MR) is 53.4 cm³/mol. The van der Waals surface area contributed by atoms with Crippen LogP contribution in [0.15, 0.2) is 22.8 Å². The minimum Gasteiger partial charge on any atom is -0.468 e. The van der Waals surface area contributed by atoms with E-state index >= 15 is 0 Å². The van der Waals surface area contributed by atoms with Gasteiger partial charge in [-0.05, 0) is 32.6 Å². The second-order valence-electron chi connectivity index (χ2n) is 3.39. The molecular weight excluding hydrogens is 164 g/mol. The molecule has 0 spiro atoms. The highest BCUT2D eigenvalue weighted by molar-refractivity contribution is 5.06. The van der Waals surface area contributed by atoms with E-state index in [1.54, 1.807) is 6.26 Å². The molecule has 74 valence electrons. The lowest BCUT2D eigenvalue weighted by Gasteiger charge is -2.28. The number of nitrogens with zero attached hydrogens (tertiary/aromatic N) is 1. The fraction of sp³-hybridized carbons (Fsp3) is 0.600. The van der Waals surface area contributed by atoms with Crippen LogP contribution in [0.5, 0.6) is 0 Å². The standard InChI is InChI=1S/C10H18N2O/c1-4-12(3)10(8(2)11)9-6-5-7-13-9/h5-8,10H,4,11H2,1-3H3. The van der Waals surface area contributed by atoms with Gasteiger partial charge in [0.1, 0.15) is 5.76 Å². The maximum absolute atomic E-state index is 5.90. The second kappa shape index (κ2) is 4.44. The van der Waals surface area contributed by atoms with Crippen LogP contribution in [0.25, 0.3) is 0 Å². The zero-order valence-corrected chi connectivity index (χ0v) is 8.53. The first-order valence-electron chi connectivity index (χ1n) is 4.66. The average Bonchev–Trinajstić information content (AvgIpc) is 2.56. The van der Waals surface area contributed by atoms with E-state index in [9.17, 15) is 0 Å². The molecule has 1 rings (SSSR count). The summed E-state index contributed by atoms with van der Waals surface area (Å²) in [6, 6.07) is 4.13. The molecule has 0 aliphatic heterocycles. The van der Waals surface area contributed by atoms with Crippen molar-refractivity contribution in [2.45, 2.75) is 25.9 Å². The molecule has 0 fully saturated rings. The first-order valence-corrected chi connectivity index (χ1v) is 4.66. The molecule has 13 heavy (non-hydrogen) atoms. The largest absolute Gasteiger partial charge is 0.468 e. The summed E-state index contributed by atoms with van der Waals surface area (Å²) in [5.74, 6) is 0.944. The Morgan fingerprint density at radius 1 is 1.62 bits per heavy atom. The molecule has 1 aromatic rings. The Hall–Kier alpha value is -0.800. The van der Waals surface area contributed by atoms with Crippen molar-refractivity contribution in [2.24, 2.45) is 5.73 Å². The molecule has 0 aliphatic rings. The number of hydrogen-bond donors (Lipinski definition) is 1. The summed E-state index contributed by atoms with van der Waals surface area (Å²) in [7, 11) is 2.05. The molecule has 0 saturated heterocycles. The first kappa shape index (κ1) is 10.3. The van der Waals surface area contributed by atoms with Gasteiger partial charge in [0.2, 0.25) is 0 Å². The molecule has 3 nitrogen and oxygen atoms in total. The topological polar surface area (TPSA) is 42.4 Å². The lowest BCUT2D eigenvalue weighted by molar-refractivity contribution is 0.200. The summed E-state index contributed by atoms with van der Waals surface area (Å²) in [6.45, 7) is 5.07. The zero-order chi connectivity index (χ0) is 9.84. The van der Waals surface area contributed by atoms with Gasteiger partial charge in [0.15, 0.2) is 0 Å². The van der Waals surface area contributed by atoms with E-state index in [4.69, 9.17) is 10.2 Å². The maximum atomic E-state index is 5.90. The lowest BCUT2D eigenvalue weighted by Crippen LogP contribution is -2.36. The minimum atomic E-state index is 0.0797. The van der Waals surface area contributed by atoms with Crippen LogP contribution in [-0.4, -0.2) is 24.5 Å². The molecule has 0 aromatic carbocycles. The Morgan fingerprint density at radius 2 is 2.31 bits per heavy atom. The number of likely N-dealkylation sites (N-methyl/N-ethyl adjacent to an activating group) is 1. The van der Waals surface area contributed by atoms with Crippen LogP contribution in [0, 0.1) is 0 Å². The molecule has 0 bridgehead atoms. The van der Waals surface area contributed by atoms with E-state index in [2.05, 4.69) is 18.9 Å². The van der Waals surface area contributed by atoms with Gasteiger partial charge in [0.25, 0.3) is 0 Å². The third-order valence-corrected chi connectivity index (χ3v) is 2.31. The monoisotopic (exact) mass is 182 g/mol. The fourth-order valence-electron chi connectivity index (χ4n) is 1.53. The quantitative estimate of drug-likeness (QED) is 0.769. The van der Waals surface area contributed by atoms with Crippen molar-refractivity contribution in [3.05, 3.63) is 24.2 Å². The van der Waals surface area contributed by atoms with E-state index in [0.717, 1.165) is 12.3 Å². The van der Waals surface area contributed by atoms with E-state index < -0.39 is 0 Å². The van der Waals surface area contributed by atoms with E-state index in [1.807, 2.05) is 19.1 Å². The van der Waals surface area contributed by atoms with Gasteiger partial charge in [-0.25, -0.2) is 0 Å². The van der Waals surface area contributed by atoms with Crippen LogP contribution in [0.4, 0.5) is 0 Å². The Kier molecular flexibility index (Phi) is 3.51. The van der Waals surface area contributed by atoms with E-state index in [-0.39, 0.29) is 12.1 Å². The second-order valence-corrected chi connectivity index (χ2v) is 3.39. The highest BCUT2D eigenvalue weighted by atomic mass is 16.3. The number of rotatable bonds is 4. The van der Waals surface area contributed by atoms with Crippen LogP contribution < -0.4 is 5.73 Å². The average molecular weight is 182 g/mol. The third kappa shape index (κ3) is 2.32. The highest BCUT2D eigenvalue weighted by Gasteiger charge is 2.22. The predicted octanol–water partition coefficient (Wildman–Crippen LogP) is 1.62. The lowest BCUT2D eigenvalue weighted by atomic mass is 10.1. The van der Waals surface area contributed by atoms with Crippen molar-refractivity contribution >= 4 is 0 Å². The van der Waals surface area contributed by atoms with Crippen LogP contribution >= 0.6 is 0 Å². The van der Waals surface area contributed by atoms with Gasteiger partial charge >= 0.3 is 0 Å². The van der Waals surface area contributed by atoms with Gasteiger partial charge in [-0.3, -0.25) is 4.90 Å². The Bertz CT molecular complexity index is 231. The van der Waals surface area contributed by atoms with E-state index in [1.165, 1.54) is 0 Å². The van der Waals surface area contributed by atoms with Gasteiger partial charge in [-0.2, -0.15) is 0 Å². The summed E-state index contributed by atoms with van der Waals surface area (Å²) in [5.41, 5.74) is 5.90. The van der Waals surface area contributed by atoms with Crippen LogP contribution in [-0.2, 0) is 0 Å². The summed E-state index contributed by atoms with van der Waals surface area (Å²) in [4.78, 5) is 2.18. The van der Waals surface area contributed by atoms with Crippen molar-refractivity contribution in [2.75, 3.05) is 13.6 Å². The molecular formula is C10H18N2O. The zero-order valence-electron chi connectivity index (χ0n) is 8.53. The van der Waals surface area contributed by atoms with Gasteiger partial charge in [-0.1, -0.05) is 6.92 Å². The summed E-state index contributed by atoms with van der Waals surface area (Å²) in [6.07, 6.45) is 1.69. The Balaban J connectivity index is 2.80. The van der Waals surface area contributed by atoms with Crippen LogP contribution in [0.1, 0.15) is 25.6 Å². The normalized spacial score (nSPS) is 16.1. The number of nitrogens with two attached hydrogens (primary N) is 1.